The Kier molecular flexibility index (Phi) is 8.25. The van der Waals surface area contributed by atoms with E-state index < -0.39 is 0 Å². The molecule has 166 valence electrons. The second kappa shape index (κ2) is 10.9. The summed E-state index contributed by atoms with van der Waals surface area (Å²) in [5, 5.41) is 1.40. The molecule has 0 radical (unpaired) electrons. The maximum Gasteiger partial charge on any atom is 0.209 e. The standard InChI is InChI=1S/C20H21N.C5H9NOS.C2H6/c1-14-7-9-16(10-8-14)20(11-4-12-20)18-13-21-19-15(2)5-3-6-17(18)19;7-5-6-1-3-8-4-2-6;1-2/h3,5-10,13,21H,4,11-12H2,1-2H3;5H,1-4H2;1-2H3. The summed E-state index contributed by atoms with van der Waals surface area (Å²) in [7, 11) is 0. The Bertz CT molecular complexity index is 967. The molecular formula is C27H36N2OS. The third-order valence-electron chi connectivity index (χ3n) is 6.45. The van der Waals surface area contributed by atoms with Crippen molar-refractivity contribution in [2.45, 2.75) is 52.4 Å². The van der Waals surface area contributed by atoms with E-state index in [4.69, 9.17) is 0 Å². The molecule has 0 unspecified atom stereocenters. The van der Waals surface area contributed by atoms with Gasteiger partial charge in [0, 0.05) is 47.1 Å². The van der Waals surface area contributed by atoms with Crippen molar-refractivity contribution >= 4 is 29.1 Å². The number of aromatic amines is 1. The number of fused-ring (bicyclic) bond motifs is 1. The molecule has 31 heavy (non-hydrogen) atoms. The number of carbonyl (C=O) groups is 1. The number of amides is 1. The van der Waals surface area contributed by atoms with Crippen LogP contribution in [0.4, 0.5) is 0 Å². The molecule has 1 amide bonds. The van der Waals surface area contributed by atoms with E-state index in [9.17, 15) is 4.79 Å². The molecular weight excluding hydrogens is 400 g/mol. The third kappa shape index (κ3) is 5.01. The van der Waals surface area contributed by atoms with Gasteiger partial charge >= 0.3 is 0 Å². The van der Waals surface area contributed by atoms with Crippen LogP contribution in [0.5, 0.6) is 0 Å². The van der Waals surface area contributed by atoms with Crippen LogP contribution in [0.1, 0.15) is 55.4 Å². The van der Waals surface area contributed by atoms with Gasteiger partial charge in [0.15, 0.2) is 0 Å². The van der Waals surface area contributed by atoms with E-state index in [1.807, 2.05) is 30.5 Å². The number of thioether (sulfide) groups is 1. The van der Waals surface area contributed by atoms with Crippen molar-refractivity contribution in [3.63, 3.8) is 0 Å². The molecule has 0 spiro atoms. The lowest BCUT2D eigenvalue weighted by molar-refractivity contribution is -0.117. The third-order valence-corrected chi connectivity index (χ3v) is 7.39. The lowest BCUT2D eigenvalue weighted by Crippen LogP contribution is -2.35. The van der Waals surface area contributed by atoms with Crippen LogP contribution in [0, 0.1) is 13.8 Å². The number of carbonyl (C=O) groups excluding carboxylic acids is 1. The van der Waals surface area contributed by atoms with Gasteiger partial charge < -0.3 is 9.88 Å². The molecule has 1 saturated heterocycles. The molecule has 4 heteroatoms. The van der Waals surface area contributed by atoms with Crippen molar-refractivity contribution in [3.05, 3.63) is 70.9 Å². The first kappa shape index (κ1) is 23.5. The largest absolute Gasteiger partial charge is 0.361 e. The molecule has 2 aromatic carbocycles. The number of aryl methyl sites for hydroxylation is 2. The van der Waals surface area contributed by atoms with Gasteiger partial charge in [0.05, 0.1) is 0 Å². The highest BCUT2D eigenvalue weighted by Gasteiger charge is 2.41. The van der Waals surface area contributed by atoms with Crippen molar-refractivity contribution < 1.29 is 4.79 Å². The number of benzene rings is 2. The zero-order chi connectivity index (χ0) is 22.3. The van der Waals surface area contributed by atoms with Crippen molar-refractivity contribution in [2.24, 2.45) is 0 Å². The normalized spacial score (nSPS) is 17.0. The number of nitrogens with one attached hydrogen (secondary N) is 1. The van der Waals surface area contributed by atoms with Crippen molar-refractivity contribution in [1.82, 2.24) is 9.88 Å². The van der Waals surface area contributed by atoms with Crippen LogP contribution in [0.2, 0.25) is 0 Å². The number of aromatic nitrogens is 1. The van der Waals surface area contributed by atoms with E-state index >= 15 is 0 Å². The lowest BCUT2D eigenvalue weighted by atomic mass is 9.60. The number of nitrogens with zero attached hydrogens (tertiary/aromatic N) is 1. The van der Waals surface area contributed by atoms with Crippen molar-refractivity contribution in [2.75, 3.05) is 24.6 Å². The molecule has 1 saturated carbocycles. The molecule has 2 heterocycles. The molecule has 3 nitrogen and oxygen atoms in total. The Morgan fingerprint density at radius 3 is 2.23 bits per heavy atom. The highest BCUT2D eigenvalue weighted by molar-refractivity contribution is 7.99. The summed E-state index contributed by atoms with van der Waals surface area (Å²) in [5.74, 6) is 2.22. The van der Waals surface area contributed by atoms with Crippen LogP contribution in [0.25, 0.3) is 10.9 Å². The average Bonchev–Trinajstić information content (AvgIpc) is 3.22. The molecule has 0 atom stereocenters. The molecule has 3 aromatic rings. The second-order valence-corrected chi connectivity index (χ2v) is 9.48. The fourth-order valence-corrected chi connectivity index (χ4v) is 5.43. The summed E-state index contributed by atoms with van der Waals surface area (Å²) in [5.41, 5.74) is 7.14. The maximum absolute atomic E-state index is 10.1. The second-order valence-electron chi connectivity index (χ2n) is 8.26. The van der Waals surface area contributed by atoms with Gasteiger partial charge in [0.25, 0.3) is 0 Å². The molecule has 1 aliphatic heterocycles. The minimum absolute atomic E-state index is 0.222. The number of H-pyrrole nitrogens is 1. The summed E-state index contributed by atoms with van der Waals surface area (Å²) >= 11 is 1.91. The molecule has 2 aliphatic rings. The first-order valence-electron chi connectivity index (χ1n) is 11.6. The van der Waals surface area contributed by atoms with Crippen LogP contribution in [-0.2, 0) is 10.2 Å². The molecule has 1 aromatic heterocycles. The topological polar surface area (TPSA) is 36.1 Å². The zero-order valence-corrected chi connectivity index (χ0v) is 20.2. The number of hydrogen-bond acceptors (Lipinski definition) is 2. The van der Waals surface area contributed by atoms with E-state index in [-0.39, 0.29) is 5.41 Å². The van der Waals surface area contributed by atoms with Crippen molar-refractivity contribution in [3.8, 4) is 0 Å². The van der Waals surface area contributed by atoms with E-state index in [0.717, 1.165) is 31.0 Å². The maximum atomic E-state index is 10.1. The van der Waals surface area contributed by atoms with Crippen LogP contribution in [-0.4, -0.2) is 40.9 Å². The summed E-state index contributed by atoms with van der Waals surface area (Å²) in [4.78, 5) is 15.4. The first-order chi connectivity index (χ1) is 15.1. The molecule has 1 N–H and O–H groups in total. The minimum atomic E-state index is 0.222. The number of hydrogen-bond donors (Lipinski definition) is 1. The fraction of sp³-hybridized carbons (Fsp3) is 0.444. The first-order valence-corrected chi connectivity index (χ1v) is 12.7. The predicted octanol–water partition coefficient (Wildman–Crippen LogP) is 6.47. The Hall–Kier alpha value is -2.20. The average molecular weight is 437 g/mol. The summed E-state index contributed by atoms with van der Waals surface area (Å²) in [6.07, 6.45) is 7.02. The number of para-hydroxylation sites is 1. The van der Waals surface area contributed by atoms with Crippen LogP contribution < -0.4 is 0 Å². The van der Waals surface area contributed by atoms with Gasteiger partial charge in [-0.05, 0) is 43.4 Å². The van der Waals surface area contributed by atoms with E-state index in [1.54, 1.807) is 0 Å². The Morgan fingerprint density at radius 2 is 1.68 bits per heavy atom. The van der Waals surface area contributed by atoms with Crippen LogP contribution in [0.15, 0.2) is 48.7 Å². The molecule has 2 fully saturated rings. The molecule has 1 aliphatic carbocycles. The minimum Gasteiger partial charge on any atom is -0.361 e. The van der Waals surface area contributed by atoms with E-state index in [2.05, 4.69) is 67.5 Å². The quantitative estimate of drug-likeness (QED) is 0.478. The van der Waals surface area contributed by atoms with Gasteiger partial charge in [-0.15, -0.1) is 0 Å². The summed E-state index contributed by atoms with van der Waals surface area (Å²) < 4.78 is 0. The predicted molar refractivity (Wildman–Crippen MR) is 135 cm³/mol. The molecule has 0 bridgehead atoms. The fourth-order valence-electron chi connectivity index (χ4n) is 4.50. The highest BCUT2D eigenvalue weighted by atomic mass is 32.2. The Balaban J connectivity index is 0.000000230. The lowest BCUT2D eigenvalue weighted by Gasteiger charge is -2.42. The molecule has 5 rings (SSSR count). The van der Waals surface area contributed by atoms with Crippen LogP contribution >= 0.6 is 11.8 Å². The van der Waals surface area contributed by atoms with Gasteiger partial charge in [-0.2, -0.15) is 11.8 Å². The van der Waals surface area contributed by atoms with Gasteiger partial charge in [-0.1, -0.05) is 68.3 Å². The SMILES string of the molecule is CC.Cc1ccc(C2(c3c[nH]c4c(C)cccc34)CCC2)cc1.O=CN1CCSCC1. The number of rotatable bonds is 3. The van der Waals surface area contributed by atoms with Gasteiger partial charge in [0.1, 0.15) is 0 Å². The summed E-state index contributed by atoms with van der Waals surface area (Å²) in [6, 6.07) is 15.8. The van der Waals surface area contributed by atoms with Crippen molar-refractivity contribution in [1.29, 1.82) is 0 Å². The highest BCUT2D eigenvalue weighted by Crippen LogP contribution is 2.51. The van der Waals surface area contributed by atoms with Gasteiger partial charge in [-0.3, -0.25) is 4.79 Å². The van der Waals surface area contributed by atoms with Gasteiger partial charge in [0.2, 0.25) is 6.41 Å². The monoisotopic (exact) mass is 436 g/mol. The zero-order valence-electron chi connectivity index (χ0n) is 19.4. The van der Waals surface area contributed by atoms with Crippen LogP contribution in [0.3, 0.4) is 0 Å². The van der Waals surface area contributed by atoms with Gasteiger partial charge in [-0.25, -0.2) is 0 Å². The van der Waals surface area contributed by atoms with E-state index in [0.29, 0.717) is 0 Å². The Morgan fingerprint density at radius 1 is 1.00 bits per heavy atom. The van der Waals surface area contributed by atoms with E-state index in [1.165, 1.54) is 52.4 Å². The summed E-state index contributed by atoms with van der Waals surface area (Å²) in [6.45, 7) is 10.2. The Labute approximate surface area is 191 Å². The smallest absolute Gasteiger partial charge is 0.209 e.